The first-order valence-electron chi connectivity index (χ1n) is 10.6. The molecule has 3 heteroatoms. The number of likely N-dealkylation sites (N-methyl/N-ethyl adjacent to an activating group) is 2. The van der Waals surface area contributed by atoms with Crippen LogP contribution in [0.15, 0.2) is 12.1 Å². The van der Waals surface area contributed by atoms with Gasteiger partial charge in [-0.2, -0.15) is 0 Å². The van der Waals surface area contributed by atoms with Crippen LogP contribution in [-0.2, 0) is 17.4 Å². The molecule has 3 nitrogen and oxygen atoms in total. The van der Waals surface area contributed by atoms with Gasteiger partial charge < -0.3 is 10.0 Å². The molecule has 0 amide bonds. The highest BCUT2D eigenvalue weighted by atomic mass is 16.3. The number of rotatable bonds is 4. The van der Waals surface area contributed by atoms with Crippen LogP contribution in [0.2, 0.25) is 0 Å². The molecule has 0 aromatic heterocycles. The van der Waals surface area contributed by atoms with Gasteiger partial charge in [0.25, 0.3) is 0 Å². The van der Waals surface area contributed by atoms with Crippen molar-refractivity contribution in [2.45, 2.75) is 96.7 Å². The topological polar surface area (TPSA) is 26.7 Å². The highest BCUT2D eigenvalue weighted by Gasteiger charge is 2.31. The summed E-state index contributed by atoms with van der Waals surface area (Å²) >= 11 is 0. The van der Waals surface area contributed by atoms with Gasteiger partial charge in [-0.05, 0) is 55.9 Å². The second-order valence-electron chi connectivity index (χ2n) is 10.8. The summed E-state index contributed by atoms with van der Waals surface area (Å²) in [6.45, 7) is 14.1. The first-order chi connectivity index (χ1) is 12.3. The minimum absolute atomic E-state index is 0.0675. The Labute approximate surface area is 167 Å². The standard InChI is InChI=1S/C24H42N2O/c1-23(2,3)18-14-17(22(27)19(15-18)24(4,5)6)16-26(9)21-13-11-10-12-20(21)25(7)8/h14-15,20-21,27H,10-13,16H2,1-9H3/t20-,21-/m1/s1. The second-order valence-corrected chi connectivity index (χ2v) is 10.8. The van der Waals surface area contributed by atoms with Crippen LogP contribution in [0, 0.1) is 0 Å². The summed E-state index contributed by atoms with van der Waals surface area (Å²) in [6, 6.07) is 5.58. The molecule has 0 aliphatic heterocycles. The van der Waals surface area contributed by atoms with E-state index in [9.17, 15) is 5.11 Å². The number of phenols is 1. The molecule has 0 radical (unpaired) electrons. The maximum atomic E-state index is 11.1. The van der Waals surface area contributed by atoms with Crippen LogP contribution in [0.25, 0.3) is 0 Å². The van der Waals surface area contributed by atoms with Gasteiger partial charge in [-0.25, -0.2) is 0 Å². The molecule has 1 saturated carbocycles. The quantitative estimate of drug-likeness (QED) is 0.775. The average molecular weight is 375 g/mol. The van der Waals surface area contributed by atoms with Gasteiger partial charge in [-0.15, -0.1) is 0 Å². The molecular weight excluding hydrogens is 332 g/mol. The molecule has 1 aromatic carbocycles. The third-order valence-corrected chi connectivity index (χ3v) is 6.21. The Hall–Kier alpha value is -1.06. The first kappa shape index (κ1) is 22.2. The van der Waals surface area contributed by atoms with Crippen LogP contribution in [0.3, 0.4) is 0 Å². The zero-order chi connectivity index (χ0) is 20.6. The van der Waals surface area contributed by atoms with Gasteiger partial charge in [0.05, 0.1) is 0 Å². The number of hydrogen-bond acceptors (Lipinski definition) is 3. The van der Waals surface area contributed by atoms with E-state index in [2.05, 4.69) is 84.6 Å². The zero-order valence-electron chi connectivity index (χ0n) is 19.2. The van der Waals surface area contributed by atoms with E-state index in [0.29, 0.717) is 17.8 Å². The van der Waals surface area contributed by atoms with E-state index < -0.39 is 0 Å². The Balaban J connectivity index is 2.39. The van der Waals surface area contributed by atoms with E-state index in [0.717, 1.165) is 17.7 Å². The van der Waals surface area contributed by atoms with Gasteiger partial charge in [0.1, 0.15) is 5.75 Å². The summed E-state index contributed by atoms with van der Waals surface area (Å²) < 4.78 is 0. The molecule has 1 aliphatic rings. The Bertz CT molecular complexity index is 637. The molecule has 2 atom stereocenters. The Morgan fingerprint density at radius 1 is 0.889 bits per heavy atom. The van der Waals surface area contributed by atoms with Crippen molar-refractivity contribution in [3.8, 4) is 5.75 Å². The lowest BCUT2D eigenvalue weighted by Crippen LogP contribution is -2.49. The van der Waals surface area contributed by atoms with E-state index in [1.54, 1.807) is 0 Å². The predicted molar refractivity (Wildman–Crippen MR) is 117 cm³/mol. The molecule has 0 saturated heterocycles. The molecule has 0 heterocycles. The van der Waals surface area contributed by atoms with Gasteiger partial charge in [0, 0.05) is 24.2 Å². The lowest BCUT2D eigenvalue weighted by Gasteiger charge is -2.41. The summed E-state index contributed by atoms with van der Waals surface area (Å²) in [5.74, 6) is 0.486. The maximum Gasteiger partial charge on any atom is 0.123 e. The van der Waals surface area contributed by atoms with E-state index >= 15 is 0 Å². The summed E-state index contributed by atoms with van der Waals surface area (Å²) in [5, 5.41) is 11.1. The van der Waals surface area contributed by atoms with Crippen molar-refractivity contribution in [1.82, 2.24) is 9.80 Å². The van der Waals surface area contributed by atoms with Crippen LogP contribution < -0.4 is 0 Å². The molecule has 154 valence electrons. The molecule has 2 rings (SSSR count). The van der Waals surface area contributed by atoms with Crippen molar-refractivity contribution < 1.29 is 5.11 Å². The van der Waals surface area contributed by atoms with Crippen LogP contribution >= 0.6 is 0 Å². The Morgan fingerprint density at radius 3 is 1.93 bits per heavy atom. The Kier molecular flexibility index (Phi) is 6.69. The molecule has 0 spiro atoms. The number of nitrogens with zero attached hydrogens (tertiary/aromatic N) is 2. The molecule has 27 heavy (non-hydrogen) atoms. The third kappa shape index (κ3) is 5.26. The number of benzene rings is 1. The summed E-state index contributed by atoms with van der Waals surface area (Å²) in [5.41, 5.74) is 3.43. The zero-order valence-corrected chi connectivity index (χ0v) is 19.2. The van der Waals surface area contributed by atoms with Crippen molar-refractivity contribution >= 4 is 0 Å². The monoisotopic (exact) mass is 374 g/mol. The third-order valence-electron chi connectivity index (χ3n) is 6.21. The van der Waals surface area contributed by atoms with Crippen LogP contribution in [0.5, 0.6) is 5.75 Å². The normalized spacial score (nSPS) is 21.9. The van der Waals surface area contributed by atoms with Gasteiger partial charge in [-0.3, -0.25) is 4.90 Å². The predicted octanol–water partition coefficient (Wildman–Crippen LogP) is 5.29. The van der Waals surface area contributed by atoms with Crippen LogP contribution in [0.1, 0.15) is 83.9 Å². The van der Waals surface area contributed by atoms with Crippen molar-refractivity contribution in [2.24, 2.45) is 0 Å². The van der Waals surface area contributed by atoms with Crippen LogP contribution in [0.4, 0.5) is 0 Å². The SMILES string of the molecule is CN(C)[C@@H]1CCCC[C@H]1N(C)Cc1cc(C(C)(C)C)cc(C(C)(C)C)c1O. The fraction of sp³-hybridized carbons (Fsp3) is 0.750. The van der Waals surface area contributed by atoms with E-state index in [4.69, 9.17) is 0 Å². The first-order valence-corrected chi connectivity index (χ1v) is 10.6. The minimum atomic E-state index is -0.0737. The smallest absolute Gasteiger partial charge is 0.123 e. The van der Waals surface area contributed by atoms with Gasteiger partial charge in [-0.1, -0.05) is 66.5 Å². The van der Waals surface area contributed by atoms with Crippen molar-refractivity contribution in [3.05, 3.63) is 28.8 Å². The molecule has 1 aliphatic carbocycles. The number of hydrogen-bond donors (Lipinski definition) is 1. The van der Waals surface area contributed by atoms with Crippen LogP contribution in [-0.4, -0.2) is 48.1 Å². The van der Waals surface area contributed by atoms with Crippen molar-refractivity contribution in [1.29, 1.82) is 0 Å². The lowest BCUT2D eigenvalue weighted by atomic mass is 9.78. The lowest BCUT2D eigenvalue weighted by molar-refractivity contribution is 0.0871. The van der Waals surface area contributed by atoms with Crippen molar-refractivity contribution in [3.63, 3.8) is 0 Å². The van der Waals surface area contributed by atoms with Gasteiger partial charge >= 0.3 is 0 Å². The second kappa shape index (κ2) is 8.13. The maximum absolute atomic E-state index is 11.1. The fourth-order valence-corrected chi connectivity index (χ4v) is 4.41. The van der Waals surface area contributed by atoms with E-state index in [-0.39, 0.29) is 10.8 Å². The summed E-state index contributed by atoms with van der Waals surface area (Å²) in [4.78, 5) is 4.85. The highest BCUT2D eigenvalue weighted by molar-refractivity contribution is 5.48. The molecule has 0 bridgehead atoms. The van der Waals surface area contributed by atoms with Gasteiger partial charge in [0.2, 0.25) is 0 Å². The summed E-state index contributed by atoms with van der Waals surface area (Å²) in [7, 11) is 6.63. The Morgan fingerprint density at radius 2 is 1.44 bits per heavy atom. The molecule has 1 fully saturated rings. The molecule has 1 aromatic rings. The molecule has 0 unspecified atom stereocenters. The summed E-state index contributed by atoms with van der Waals surface area (Å²) in [6.07, 6.45) is 5.14. The number of aromatic hydroxyl groups is 1. The van der Waals surface area contributed by atoms with E-state index in [1.165, 1.54) is 31.2 Å². The van der Waals surface area contributed by atoms with Crippen molar-refractivity contribution in [2.75, 3.05) is 21.1 Å². The molecule has 1 N–H and O–H groups in total. The largest absolute Gasteiger partial charge is 0.507 e. The van der Waals surface area contributed by atoms with E-state index in [1.807, 2.05) is 0 Å². The number of phenolic OH excluding ortho intramolecular Hbond substituents is 1. The van der Waals surface area contributed by atoms with Gasteiger partial charge in [0.15, 0.2) is 0 Å². The average Bonchev–Trinajstić information content (AvgIpc) is 2.54. The molecular formula is C24H42N2O. The fourth-order valence-electron chi connectivity index (χ4n) is 4.41. The highest BCUT2D eigenvalue weighted by Crippen LogP contribution is 2.38. The minimum Gasteiger partial charge on any atom is -0.507 e.